The lowest BCUT2D eigenvalue weighted by Gasteiger charge is -2.07. The van der Waals surface area contributed by atoms with Gasteiger partial charge in [-0.25, -0.2) is 0 Å². The summed E-state index contributed by atoms with van der Waals surface area (Å²) < 4.78 is 0. The summed E-state index contributed by atoms with van der Waals surface area (Å²) in [5.41, 5.74) is 0. The summed E-state index contributed by atoms with van der Waals surface area (Å²) in [5, 5.41) is 0.0518. The van der Waals surface area contributed by atoms with E-state index in [0.717, 1.165) is 25.7 Å². The molecule has 0 aliphatic rings. The van der Waals surface area contributed by atoms with Gasteiger partial charge in [-0.2, -0.15) is 0 Å². The minimum absolute atomic E-state index is 0.0518. The highest BCUT2D eigenvalue weighted by atomic mass is 32.1. The van der Waals surface area contributed by atoms with Gasteiger partial charge in [-0.05, 0) is 12.8 Å². The lowest BCUT2D eigenvalue weighted by molar-refractivity contribution is -0.114. The quantitative estimate of drug-likeness (QED) is 0.612. The standard InChI is InChI=1S/C8H16OS/c1-3-5-6-7(4-2)8(9)10/h7H,3-6H2,1-2H3,(H,9,10). The van der Waals surface area contributed by atoms with Crippen molar-refractivity contribution < 1.29 is 4.79 Å². The van der Waals surface area contributed by atoms with Crippen molar-refractivity contribution in [1.82, 2.24) is 0 Å². The van der Waals surface area contributed by atoms with Crippen LogP contribution < -0.4 is 0 Å². The fourth-order valence-corrected chi connectivity index (χ4v) is 1.26. The molecule has 0 aromatic heterocycles. The number of hydrogen-bond donors (Lipinski definition) is 1. The van der Waals surface area contributed by atoms with E-state index in [1.165, 1.54) is 0 Å². The van der Waals surface area contributed by atoms with Gasteiger partial charge in [0.2, 0.25) is 0 Å². The van der Waals surface area contributed by atoms with E-state index in [1.807, 2.05) is 6.92 Å². The second-order valence-corrected chi connectivity index (χ2v) is 3.03. The first kappa shape index (κ1) is 10.0. The number of unbranched alkanes of at least 4 members (excludes halogenated alkanes) is 1. The van der Waals surface area contributed by atoms with Crippen LogP contribution in [0.2, 0.25) is 0 Å². The van der Waals surface area contributed by atoms with Crippen LogP contribution in [0.5, 0.6) is 0 Å². The fraction of sp³-hybridized carbons (Fsp3) is 0.875. The summed E-state index contributed by atoms with van der Waals surface area (Å²) in [5.74, 6) is 0.197. The highest BCUT2D eigenvalue weighted by Crippen LogP contribution is 2.14. The van der Waals surface area contributed by atoms with Crippen LogP contribution in [-0.2, 0) is 4.79 Å². The van der Waals surface area contributed by atoms with Crippen LogP contribution in [0, 0.1) is 5.92 Å². The molecule has 1 nitrogen and oxygen atoms in total. The van der Waals surface area contributed by atoms with Crippen LogP contribution in [0.1, 0.15) is 39.5 Å². The fourth-order valence-electron chi connectivity index (χ4n) is 0.953. The zero-order valence-corrected chi connectivity index (χ0v) is 7.66. The normalized spacial score (nSPS) is 13.1. The molecular weight excluding hydrogens is 144 g/mol. The zero-order chi connectivity index (χ0) is 7.98. The molecule has 0 aromatic carbocycles. The first-order valence-electron chi connectivity index (χ1n) is 3.95. The zero-order valence-electron chi connectivity index (χ0n) is 6.76. The van der Waals surface area contributed by atoms with Crippen LogP contribution in [-0.4, -0.2) is 5.12 Å². The molecule has 0 bridgehead atoms. The largest absolute Gasteiger partial charge is 0.287 e. The van der Waals surface area contributed by atoms with Gasteiger partial charge < -0.3 is 0 Å². The minimum atomic E-state index is 0.0518. The van der Waals surface area contributed by atoms with Crippen molar-refractivity contribution in [3.8, 4) is 0 Å². The van der Waals surface area contributed by atoms with Gasteiger partial charge in [-0.15, -0.1) is 12.6 Å². The summed E-state index contributed by atoms with van der Waals surface area (Å²) >= 11 is 3.81. The van der Waals surface area contributed by atoms with Gasteiger partial charge in [-0.3, -0.25) is 4.79 Å². The molecule has 2 heteroatoms. The summed E-state index contributed by atoms with van der Waals surface area (Å²) in [6.45, 7) is 4.17. The van der Waals surface area contributed by atoms with Crippen molar-refractivity contribution >= 4 is 17.7 Å². The smallest absolute Gasteiger partial charge is 0.188 e. The Balaban J connectivity index is 3.50. The molecule has 1 atom stereocenters. The second kappa shape index (κ2) is 5.78. The van der Waals surface area contributed by atoms with E-state index < -0.39 is 0 Å². The van der Waals surface area contributed by atoms with E-state index in [1.54, 1.807) is 0 Å². The Hall–Kier alpha value is 0.0200. The van der Waals surface area contributed by atoms with E-state index >= 15 is 0 Å². The van der Waals surface area contributed by atoms with Crippen LogP contribution in [0.25, 0.3) is 0 Å². The molecule has 0 rings (SSSR count). The van der Waals surface area contributed by atoms with Gasteiger partial charge in [-0.1, -0.05) is 26.7 Å². The Morgan fingerprint density at radius 3 is 2.40 bits per heavy atom. The van der Waals surface area contributed by atoms with E-state index in [2.05, 4.69) is 19.6 Å². The van der Waals surface area contributed by atoms with Gasteiger partial charge in [0.05, 0.1) is 0 Å². The van der Waals surface area contributed by atoms with E-state index in [0.29, 0.717) is 0 Å². The van der Waals surface area contributed by atoms with Crippen LogP contribution in [0.15, 0.2) is 0 Å². The van der Waals surface area contributed by atoms with E-state index in [4.69, 9.17) is 0 Å². The van der Waals surface area contributed by atoms with Gasteiger partial charge in [0, 0.05) is 5.92 Å². The van der Waals surface area contributed by atoms with E-state index in [9.17, 15) is 4.79 Å². The molecule has 0 spiro atoms. The van der Waals surface area contributed by atoms with Crippen molar-refractivity contribution in [2.45, 2.75) is 39.5 Å². The van der Waals surface area contributed by atoms with E-state index in [-0.39, 0.29) is 11.0 Å². The van der Waals surface area contributed by atoms with Crippen molar-refractivity contribution in [3.05, 3.63) is 0 Å². The Kier molecular flexibility index (Phi) is 5.79. The molecule has 0 heterocycles. The number of thiol groups is 1. The lowest BCUT2D eigenvalue weighted by atomic mass is 10.0. The molecule has 0 saturated carbocycles. The van der Waals surface area contributed by atoms with Gasteiger partial charge in [0.25, 0.3) is 0 Å². The molecule has 60 valence electrons. The molecule has 0 aliphatic carbocycles. The minimum Gasteiger partial charge on any atom is -0.287 e. The van der Waals surface area contributed by atoms with Crippen molar-refractivity contribution in [3.63, 3.8) is 0 Å². The Morgan fingerprint density at radius 2 is 2.10 bits per heavy atom. The van der Waals surface area contributed by atoms with Gasteiger partial charge in [0.1, 0.15) is 0 Å². The predicted molar refractivity (Wildman–Crippen MR) is 47.3 cm³/mol. The first-order chi connectivity index (χ1) is 4.72. The molecule has 0 aromatic rings. The van der Waals surface area contributed by atoms with Crippen LogP contribution in [0.4, 0.5) is 0 Å². The maximum atomic E-state index is 10.7. The van der Waals surface area contributed by atoms with Crippen molar-refractivity contribution in [2.24, 2.45) is 5.92 Å². The molecule has 10 heavy (non-hydrogen) atoms. The van der Waals surface area contributed by atoms with Crippen molar-refractivity contribution in [1.29, 1.82) is 0 Å². The second-order valence-electron chi connectivity index (χ2n) is 2.59. The highest BCUT2D eigenvalue weighted by molar-refractivity contribution is 7.96. The van der Waals surface area contributed by atoms with Crippen molar-refractivity contribution in [2.75, 3.05) is 0 Å². The molecule has 0 saturated heterocycles. The van der Waals surface area contributed by atoms with Crippen LogP contribution in [0.3, 0.4) is 0 Å². The first-order valence-corrected chi connectivity index (χ1v) is 4.39. The summed E-state index contributed by atoms with van der Waals surface area (Å²) in [6.07, 6.45) is 4.25. The SMILES string of the molecule is CCCCC(CC)C(=O)S. The van der Waals surface area contributed by atoms with Crippen LogP contribution >= 0.6 is 12.6 Å². The number of carbonyl (C=O) groups is 1. The maximum absolute atomic E-state index is 10.7. The maximum Gasteiger partial charge on any atom is 0.188 e. The number of hydrogen-bond acceptors (Lipinski definition) is 1. The monoisotopic (exact) mass is 160 g/mol. The molecule has 0 amide bonds. The average Bonchev–Trinajstić information content (AvgIpc) is 1.89. The molecule has 0 N–H and O–H groups in total. The summed E-state index contributed by atoms with van der Waals surface area (Å²) in [7, 11) is 0. The third-order valence-corrected chi connectivity index (χ3v) is 2.11. The number of carbonyl (C=O) groups excluding carboxylic acids is 1. The average molecular weight is 160 g/mol. The molecule has 0 fully saturated rings. The third kappa shape index (κ3) is 3.94. The number of rotatable bonds is 5. The lowest BCUT2D eigenvalue weighted by Crippen LogP contribution is -2.06. The molecule has 1 unspecified atom stereocenters. The Bertz CT molecular complexity index is 101. The Morgan fingerprint density at radius 1 is 1.50 bits per heavy atom. The molecular formula is C8H16OS. The predicted octanol–water partition coefficient (Wildman–Crippen LogP) is 2.66. The van der Waals surface area contributed by atoms with Gasteiger partial charge >= 0.3 is 0 Å². The highest BCUT2D eigenvalue weighted by Gasteiger charge is 2.10. The summed E-state index contributed by atoms with van der Waals surface area (Å²) in [4.78, 5) is 10.7. The Labute approximate surface area is 68.6 Å². The molecule has 0 radical (unpaired) electrons. The summed E-state index contributed by atoms with van der Waals surface area (Å²) in [6, 6.07) is 0. The topological polar surface area (TPSA) is 17.1 Å². The third-order valence-electron chi connectivity index (χ3n) is 1.75. The molecule has 0 aliphatic heterocycles. The van der Waals surface area contributed by atoms with Gasteiger partial charge in [0.15, 0.2) is 5.12 Å².